The number of amides is 1. The van der Waals surface area contributed by atoms with Crippen LogP contribution in [-0.4, -0.2) is 28.5 Å². The second-order valence-electron chi connectivity index (χ2n) is 7.66. The molecule has 2 fully saturated rings. The minimum Gasteiger partial charge on any atom is -0.337 e. The number of benzene rings is 1. The van der Waals surface area contributed by atoms with Crippen molar-refractivity contribution in [3.05, 3.63) is 46.2 Å². The van der Waals surface area contributed by atoms with Gasteiger partial charge in [-0.1, -0.05) is 23.7 Å². The fourth-order valence-electron chi connectivity index (χ4n) is 4.18. The van der Waals surface area contributed by atoms with Crippen molar-refractivity contribution in [2.75, 3.05) is 13.1 Å². The number of hydrogen-bond donors (Lipinski definition) is 0. The molecule has 1 saturated carbocycles. The van der Waals surface area contributed by atoms with Crippen molar-refractivity contribution in [2.45, 2.75) is 51.2 Å². The molecule has 150 valence electrons. The van der Waals surface area contributed by atoms with Crippen LogP contribution < -0.4 is 0 Å². The van der Waals surface area contributed by atoms with E-state index >= 15 is 0 Å². The Kier molecular flexibility index (Phi) is 4.94. The van der Waals surface area contributed by atoms with Gasteiger partial charge in [0.2, 0.25) is 0 Å². The van der Waals surface area contributed by atoms with E-state index in [9.17, 15) is 18.0 Å². The largest absolute Gasteiger partial charge is 0.431 e. The van der Waals surface area contributed by atoms with E-state index in [1.165, 1.54) is 11.5 Å². The van der Waals surface area contributed by atoms with Crippen LogP contribution in [0.15, 0.2) is 24.3 Å². The van der Waals surface area contributed by atoms with Gasteiger partial charge in [-0.3, -0.25) is 4.79 Å². The van der Waals surface area contributed by atoms with Crippen molar-refractivity contribution in [1.82, 2.24) is 9.47 Å². The number of carbonyl (C=O) groups excluding carboxylic acids is 1. The molecule has 1 aliphatic heterocycles. The zero-order valence-corrected chi connectivity index (χ0v) is 16.4. The highest BCUT2D eigenvalue weighted by Gasteiger charge is 2.45. The van der Waals surface area contributed by atoms with Crippen LogP contribution in [0.25, 0.3) is 11.1 Å². The topological polar surface area (TPSA) is 25.2 Å². The van der Waals surface area contributed by atoms with Gasteiger partial charge in [0.15, 0.2) is 0 Å². The number of alkyl halides is 3. The maximum Gasteiger partial charge on any atom is 0.431 e. The normalized spacial score (nSPS) is 17.8. The van der Waals surface area contributed by atoms with E-state index in [1.54, 1.807) is 29.2 Å². The summed E-state index contributed by atoms with van der Waals surface area (Å²) in [6.45, 7) is 2.66. The minimum atomic E-state index is -4.52. The van der Waals surface area contributed by atoms with Crippen LogP contribution in [0.4, 0.5) is 13.2 Å². The van der Waals surface area contributed by atoms with Gasteiger partial charge in [-0.25, -0.2) is 0 Å². The van der Waals surface area contributed by atoms with Crippen LogP contribution in [0, 0.1) is 6.92 Å². The van der Waals surface area contributed by atoms with Crippen LogP contribution >= 0.6 is 11.6 Å². The highest BCUT2D eigenvalue weighted by Crippen LogP contribution is 2.48. The van der Waals surface area contributed by atoms with Gasteiger partial charge in [-0.2, -0.15) is 13.2 Å². The second kappa shape index (κ2) is 7.14. The molecule has 1 aromatic heterocycles. The second-order valence-corrected chi connectivity index (χ2v) is 8.09. The van der Waals surface area contributed by atoms with Gasteiger partial charge < -0.3 is 9.47 Å². The molecule has 1 aromatic carbocycles. The fraction of sp³-hybridized carbons (Fsp3) is 0.476. The fourth-order valence-corrected chi connectivity index (χ4v) is 4.31. The minimum absolute atomic E-state index is 0.113. The van der Waals surface area contributed by atoms with E-state index in [0.29, 0.717) is 42.1 Å². The number of piperidine rings is 1. The molecule has 0 radical (unpaired) electrons. The summed E-state index contributed by atoms with van der Waals surface area (Å²) in [6.07, 6.45) is -0.373. The van der Waals surface area contributed by atoms with E-state index in [4.69, 9.17) is 11.6 Å². The van der Waals surface area contributed by atoms with E-state index in [-0.39, 0.29) is 23.2 Å². The zero-order valence-electron chi connectivity index (χ0n) is 15.7. The molecule has 1 amide bonds. The van der Waals surface area contributed by atoms with Crippen molar-refractivity contribution in [1.29, 1.82) is 0 Å². The number of halogens is 4. The Morgan fingerprint density at radius 3 is 2.21 bits per heavy atom. The van der Waals surface area contributed by atoms with E-state index < -0.39 is 11.9 Å². The Hall–Kier alpha value is -1.95. The lowest BCUT2D eigenvalue weighted by Crippen LogP contribution is -2.37. The van der Waals surface area contributed by atoms with Gasteiger partial charge in [0.25, 0.3) is 5.91 Å². The molecule has 1 aliphatic carbocycles. The number of hydrogen-bond acceptors (Lipinski definition) is 1. The van der Waals surface area contributed by atoms with Gasteiger partial charge in [-0.15, -0.1) is 0 Å². The number of rotatable bonds is 3. The first-order chi connectivity index (χ1) is 13.3. The summed E-state index contributed by atoms with van der Waals surface area (Å²) in [5.41, 5.74) is 0.567. The number of nitrogens with zero attached hydrogens (tertiary/aromatic N) is 2. The lowest BCUT2D eigenvalue weighted by molar-refractivity contribution is -0.144. The highest BCUT2D eigenvalue weighted by atomic mass is 35.5. The molecule has 2 heterocycles. The third-order valence-corrected chi connectivity index (χ3v) is 5.86. The van der Waals surface area contributed by atoms with Crippen LogP contribution in [-0.2, 0) is 6.18 Å². The molecule has 7 heteroatoms. The predicted molar refractivity (Wildman–Crippen MR) is 103 cm³/mol. The quantitative estimate of drug-likeness (QED) is 0.600. The average molecular weight is 411 g/mol. The monoisotopic (exact) mass is 410 g/mol. The smallest absolute Gasteiger partial charge is 0.337 e. The highest BCUT2D eigenvalue weighted by molar-refractivity contribution is 6.30. The number of carbonyl (C=O) groups is 1. The van der Waals surface area contributed by atoms with Crippen LogP contribution in [0.2, 0.25) is 5.02 Å². The molecule has 2 aliphatic rings. The van der Waals surface area contributed by atoms with E-state index in [0.717, 1.165) is 19.3 Å². The average Bonchev–Trinajstić information content (AvgIpc) is 3.45. The summed E-state index contributed by atoms with van der Waals surface area (Å²) >= 11 is 5.97. The molecule has 28 heavy (non-hydrogen) atoms. The summed E-state index contributed by atoms with van der Waals surface area (Å²) in [5, 5.41) is 0.503. The third kappa shape index (κ3) is 3.43. The van der Waals surface area contributed by atoms with Crippen molar-refractivity contribution >= 4 is 17.5 Å². The number of aromatic nitrogens is 1. The zero-order chi connectivity index (χ0) is 20.1. The Labute approximate surface area is 167 Å². The van der Waals surface area contributed by atoms with Crippen molar-refractivity contribution in [2.24, 2.45) is 0 Å². The Morgan fingerprint density at radius 2 is 1.68 bits per heavy atom. The van der Waals surface area contributed by atoms with Gasteiger partial charge in [-0.05, 0) is 62.3 Å². The van der Waals surface area contributed by atoms with Gasteiger partial charge in [0, 0.05) is 29.7 Å². The lowest BCUT2D eigenvalue weighted by atomic mass is 9.99. The molecule has 2 aromatic rings. The maximum absolute atomic E-state index is 14.0. The Balaban J connectivity index is 1.95. The molecule has 0 unspecified atom stereocenters. The SMILES string of the molecule is Cc1c(-c2ccc(Cl)cc2)c(C(=O)N2CCCCC2)n(C2CC2)c1C(F)(F)F. The summed E-state index contributed by atoms with van der Waals surface area (Å²) in [5.74, 6) is -0.296. The van der Waals surface area contributed by atoms with E-state index in [1.807, 2.05) is 0 Å². The van der Waals surface area contributed by atoms with Crippen LogP contribution in [0.3, 0.4) is 0 Å². The molecule has 0 N–H and O–H groups in total. The molecular formula is C21H22ClF3N2O. The summed E-state index contributed by atoms with van der Waals surface area (Å²) < 4.78 is 43.3. The molecule has 0 bridgehead atoms. The Morgan fingerprint density at radius 1 is 1.07 bits per heavy atom. The van der Waals surface area contributed by atoms with Gasteiger partial charge in [0.1, 0.15) is 11.4 Å². The molecule has 0 spiro atoms. The molecule has 3 nitrogen and oxygen atoms in total. The van der Waals surface area contributed by atoms with E-state index in [2.05, 4.69) is 0 Å². The Bertz CT molecular complexity index is 892. The summed E-state index contributed by atoms with van der Waals surface area (Å²) in [6, 6.07) is 6.41. The maximum atomic E-state index is 14.0. The van der Waals surface area contributed by atoms with Crippen molar-refractivity contribution in [3.8, 4) is 11.1 Å². The predicted octanol–water partition coefficient (Wildman–Crippen LogP) is 6.10. The molecular weight excluding hydrogens is 389 g/mol. The summed E-state index contributed by atoms with van der Waals surface area (Å²) in [4.78, 5) is 15.1. The van der Waals surface area contributed by atoms with Gasteiger partial charge >= 0.3 is 6.18 Å². The van der Waals surface area contributed by atoms with Crippen LogP contribution in [0.5, 0.6) is 0 Å². The van der Waals surface area contributed by atoms with Crippen molar-refractivity contribution < 1.29 is 18.0 Å². The molecule has 4 rings (SSSR count). The lowest BCUT2D eigenvalue weighted by Gasteiger charge is -2.28. The van der Waals surface area contributed by atoms with Crippen molar-refractivity contribution in [3.63, 3.8) is 0 Å². The first-order valence-corrected chi connectivity index (χ1v) is 10.0. The van der Waals surface area contributed by atoms with Crippen LogP contribution in [0.1, 0.15) is 59.9 Å². The first-order valence-electron chi connectivity index (χ1n) is 9.66. The molecule has 0 atom stereocenters. The molecule has 1 saturated heterocycles. The standard InChI is InChI=1S/C21H22ClF3N2O/c1-13-17(14-5-7-15(22)8-6-14)18(20(28)26-11-3-2-4-12-26)27(16-9-10-16)19(13)21(23,24)25/h5-8,16H,2-4,9-12H2,1H3. The van der Waals surface area contributed by atoms with Gasteiger partial charge in [0.05, 0.1) is 0 Å². The third-order valence-electron chi connectivity index (χ3n) is 5.61. The summed E-state index contributed by atoms with van der Waals surface area (Å²) in [7, 11) is 0. The number of likely N-dealkylation sites (tertiary alicyclic amines) is 1. The first kappa shape index (κ1) is 19.4.